The molecule has 2 heterocycles. The van der Waals surface area contributed by atoms with Gasteiger partial charge in [-0.2, -0.15) is 0 Å². The second kappa shape index (κ2) is 12.1. The Morgan fingerprint density at radius 2 is 1.85 bits per heavy atom. The number of halogens is 1. The topological polar surface area (TPSA) is 103 Å². The van der Waals surface area contributed by atoms with E-state index in [1.165, 1.54) is 35.2 Å². The van der Waals surface area contributed by atoms with E-state index in [1.807, 2.05) is 31.2 Å². The Kier molecular flexibility index (Phi) is 8.56. The molecule has 216 valence electrons. The van der Waals surface area contributed by atoms with E-state index in [1.54, 1.807) is 26.4 Å². The lowest BCUT2D eigenvalue weighted by molar-refractivity contribution is -0.137. The number of rotatable bonds is 9. The summed E-state index contributed by atoms with van der Waals surface area (Å²) in [7, 11) is 3.15. The monoisotopic (exact) mass is 595 g/mol. The van der Waals surface area contributed by atoms with E-state index in [4.69, 9.17) is 26.1 Å². The number of fused-ring (bicyclic) bond motifs is 1. The van der Waals surface area contributed by atoms with Gasteiger partial charge in [-0.3, -0.25) is 14.9 Å². The summed E-state index contributed by atoms with van der Waals surface area (Å²) >= 11 is 7.85. The normalized spacial score (nSPS) is 14.7. The van der Waals surface area contributed by atoms with Crippen LogP contribution in [0.4, 0.5) is 5.13 Å². The fourth-order valence-corrected chi connectivity index (χ4v) is 7.18. The van der Waals surface area contributed by atoms with Crippen LogP contribution in [0.3, 0.4) is 0 Å². The molecule has 0 radical (unpaired) electrons. The molecule has 8 nitrogen and oxygen atoms in total. The molecule has 5 rings (SSSR count). The van der Waals surface area contributed by atoms with Gasteiger partial charge in [0.15, 0.2) is 5.13 Å². The number of methoxy groups -OCH3 is 2. The molecule has 10 heteroatoms. The molecule has 1 atom stereocenters. The Hall–Kier alpha value is -3.56. The Morgan fingerprint density at radius 3 is 2.54 bits per heavy atom. The number of amides is 1. The molecule has 1 aliphatic carbocycles. The van der Waals surface area contributed by atoms with Crippen LogP contribution in [-0.4, -0.2) is 40.8 Å². The van der Waals surface area contributed by atoms with Gasteiger partial charge in [0.2, 0.25) is 0 Å². The van der Waals surface area contributed by atoms with E-state index < -0.39 is 11.9 Å². The van der Waals surface area contributed by atoms with Crippen LogP contribution in [0.25, 0.3) is 22.2 Å². The first-order valence-electron chi connectivity index (χ1n) is 13.8. The molecule has 0 spiro atoms. The van der Waals surface area contributed by atoms with Crippen molar-refractivity contribution in [2.45, 2.75) is 58.4 Å². The second-order valence-corrected chi connectivity index (χ2v) is 12.1. The molecule has 2 aromatic carbocycles. The van der Waals surface area contributed by atoms with Crippen molar-refractivity contribution in [2.24, 2.45) is 5.92 Å². The van der Waals surface area contributed by atoms with Gasteiger partial charge in [-0.15, -0.1) is 11.3 Å². The molecule has 1 saturated carbocycles. The summed E-state index contributed by atoms with van der Waals surface area (Å²) in [5, 5.41) is 14.2. The lowest BCUT2D eigenvalue weighted by atomic mass is 9.79. The van der Waals surface area contributed by atoms with E-state index in [9.17, 15) is 14.7 Å². The average Bonchev–Trinajstić information content (AvgIpc) is 3.53. The molecule has 2 N–H and O–H groups in total. The zero-order valence-electron chi connectivity index (χ0n) is 23.6. The molecule has 4 aromatic rings. The van der Waals surface area contributed by atoms with Crippen molar-refractivity contribution in [3.63, 3.8) is 0 Å². The molecule has 1 unspecified atom stereocenters. The Labute approximate surface area is 248 Å². The van der Waals surface area contributed by atoms with Gasteiger partial charge in [0.1, 0.15) is 23.7 Å². The summed E-state index contributed by atoms with van der Waals surface area (Å²) < 4.78 is 12.7. The summed E-state index contributed by atoms with van der Waals surface area (Å²) in [4.78, 5) is 31.3. The summed E-state index contributed by atoms with van der Waals surface area (Å²) in [5.41, 5.74) is 3.43. The molecular formula is C31H34ClN3O5S. The molecule has 1 aliphatic rings. The van der Waals surface area contributed by atoms with E-state index >= 15 is 0 Å². The number of carboxylic acids is 1. The van der Waals surface area contributed by atoms with E-state index in [-0.39, 0.29) is 18.2 Å². The van der Waals surface area contributed by atoms with Crippen molar-refractivity contribution < 1.29 is 24.2 Å². The fourth-order valence-electron chi connectivity index (χ4n) is 5.83. The SMILES string of the molecule is COc1cc(-c2nc(NC(=O)c3cc4cc(C)ccc4n3CC(=O)O)sc2C(C)C2CCCCC2)c(OC)cc1Cl. The third kappa shape index (κ3) is 5.92. The quantitative estimate of drug-likeness (QED) is 0.205. The third-order valence-corrected chi connectivity index (χ3v) is 9.42. The molecule has 1 fully saturated rings. The zero-order valence-corrected chi connectivity index (χ0v) is 25.2. The predicted molar refractivity (Wildman–Crippen MR) is 163 cm³/mol. The number of aryl methyl sites for hydroxylation is 1. The number of carboxylic acid groups (broad SMARTS) is 1. The van der Waals surface area contributed by atoms with Crippen LogP contribution in [0.2, 0.25) is 5.02 Å². The number of carbonyl (C=O) groups excluding carboxylic acids is 1. The number of aromatic nitrogens is 2. The lowest BCUT2D eigenvalue weighted by Crippen LogP contribution is -2.19. The molecule has 41 heavy (non-hydrogen) atoms. The van der Waals surface area contributed by atoms with Gasteiger partial charge in [0, 0.05) is 27.4 Å². The number of aliphatic carboxylic acids is 1. The van der Waals surface area contributed by atoms with Crippen LogP contribution in [0, 0.1) is 12.8 Å². The first kappa shape index (κ1) is 29.0. The van der Waals surface area contributed by atoms with Crippen LogP contribution in [0.15, 0.2) is 36.4 Å². The number of carbonyl (C=O) groups is 2. The van der Waals surface area contributed by atoms with Crippen LogP contribution in [-0.2, 0) is 11.3 Å². The minimum atomic E-state index is -1.03. The van der Waals surface area contributed by atoms with Crippen molar-refractivity contribution in [1.82, 2.24) is 9.55 Å². The Morgan fingerprint density at radius 1 is 1.12 bits per heavy atom. The number of nitrogens with one attached hydrogen (secondary N) is 1. The lowest BCUT2D eigenvalue weighted by Gasteiger charge is -2.27. The van der Waals surface area contributed by atoms with Crippen molar-refractivity contribution in [3.05, 3.63) is 57.6 Å². The van der Waals surface area contributed by atoms with E-state index in [0.717, 1.165) is 39.9 Å². The van der Waals surface area contributed by atoms with Crippen LogP contribution >= 0.6 is 22.9 Å². The number of anilines is 1. The van der Waals surface area contributed by atoms with Crippen LogP contribution in [0.5, 0.6) is 11.5 Å². The van der Waals surface area contributed by atoms with Gasteiger partial charge < -0.3 is 19.1 Å². The van der Waals surface area contributed by atoms with Gasteiger partial charge in [0.25, 0.3) is 5.91 Å². The van der Waals surface area contributed by atoms with Gasteiger partial charge in [-0.25, -0.2) is 4.98 Å². The average molecular weight is 596 g/mol. The van der Waals surface area contributed by atoms with E-state index in [0.29, 0.717) is 33.1 Å². The number of benzene rings is 2. The number of ether oxygens (including phenoxy) is 2. The zero-order chi connectivity index (χ0) is 29.3. The fraction of sp³-hybridized carbons (Fsp3) is 0.387. The third-order valence-electron chi connectivity index (χ3n) is 7.96. The van der Waals surface area contributed by atoms with Crippen molar-refractivity contribution in [2.75, 3.05) is 19.5 Å². The summed E-state index contributed by atoms with van der Waals surface area (Å²) in [6.45, 7) is 3.86. The van der Waals surface area contributed by atoms with Gasteiger partial charge in [-0.05, 0) is 55.9 Å². The minimum absolute atomic E-state index is 0.210. The standard InChI is InChI=1S/C31H34ClN3O5S/c1-17-10-11-23-20(12-17)13-24(35(23)16-27(36)37)30(38)34-31-33-28(21-14-26(40-4)22(32)15-25(21)39-3)29(41-31)18(2)19-8-6-5-7-9-19/h10-15,18-19H,5-9,16H2,1-4H3,(H,36,37)(H,33,34,38). The molecule has 2 aromatic heterocycles. The highest BCUT2D eigenvalue weighted by atomic mass is 35.5. The maximum atomic E-state index is 13.6. The highest BCUT2D eigenvalue weighted by Crippen LogP contribution is 2.47. The second-order valence-electron chi connectivity index (χ2n) is 10.6. The largest absolute Gasteiger partial charge is 0.496 e. The first-order chi connectivity index (χ1) is 19.7. The number of thiazole rings is 1. The summed E-state index contributed by atoms with van der Waals surface area (Å²) in [6.07, 6.45) is 5.97. The van der Waals surface area contributed by atoms with Gasteiger partial charge in [-0.1, -0.05) is 49.4 Å². The predicted octanol–water partition coefficient (Wildman–Crippen LogP) is 7.76. The van der Waals surface area contributed by atoms with E-state index in [2.05, 4.69) is 12.2 Å². The summed E-state index contributed by atoms with van der Waals surface area (Å²) in [5.74, 6) is 0.340. The van der Waals surface area contributed by atoms with Crippen molar-refractivity contribution >= 4 is 50.8 Å². The highest BCUT2D eigenvalue weighted by Gasteiger charge is 2.29. The van der Waals surface area contributed by atoms with Gasteiger partial charge >= 0.3 is 5.97 Å². The number of hydrogen-bond acceptors (Lipinski definition) is 6. The highest BCUT2D eigenvalue weighted by molar-refractivity contribution is 7.16. The number of nitrogens with zero attached hydrogens (tertiary/aromatic N) is 2. The molecule has 0 bridgehead atoms. The Balaban J connectivity index is 1.58. The van der Waals surface area contributed by atoms with Crippen molar-refractivity contribution in [1.29, 1.82) is 0 Å². The molecule has 0 saturated heterocycles. The van der Waals surface area contributed by atoms with Crippen LogP contribution in [0.1, 0.15) is 65.9 Å². The van der Waals surface area contributed by atoms with Gasteiger partial charge in [0.05, 0.1) is 24.9 Å². The Bertz CT molecular complexity index is 1610. The van der Waals surface area contributed by atoms with Crippen LogP contribution < -0.4 is 14.8 Å². The maximum Gasteiger partial charge on any atom is 0.323 e. The molecule has 0 aliphatic heterocycles. The first-order valence-corrected chi connectivity index (χ1v) is 14.9. The minimum Gasteiger partial charge on any atom is -0.496 e. The van der Waals surface area contributed by atoms with Crippen molar-refractivity contribution in [3.8, 4) is 22.8 Å². The maximum absolute atomic E-state index is 13.6. The summed E-state index contributed by atoms with van der Waals surface area (Å²) in [6, 6.07) is 11.0. The molecule has 1 amide bonds. The number of hydrogen-bond donors (Lipinski definition) is 2. The molecular weight excluding hydrogens is 562 g/mol. The smallest absolute Gasteiger partial charge is 0.323 e.